The normalized spacial score (nSPS) is 17.1. The molecular weight excluding hydrogens is 292 g/mol. The first-order chi connectivity index (χ1) is 11.2. The first kappa shape index (κ1) is 15.3. The number of methoxy groups -OCH3 is 2. The van der Waals surface area contributed by atoms with Crippen molar-refractivity contribution in [2.24, 2.45) is 0 Å². The fourth-order valence-corrected chi connectivity index (χ4v) is 3.00. The summed E-state index contributed by atoms with van der Waals surface area (Å²) < 4.78 is 10.3. The SMILES string of the molecule is COc1cccc(C2CCCN2C(=O)c2ccc(OC)nc2)c1. The van der Waals surface area contributed by atoms with E-state index in [0.29, 0.717) is 11.4 Å². The van der Waals surface area contributed by atoms with E-state index in [1.807, 2.05) is 29.2 Å². The summed E-state index contributed by atoms with van der Waals surface area (Å²) in [6, 6.07) is 11.5. The molecule has 3 rings (SSSR count). The van der Waals surface area contributed by atoms with Gasteiger partial charge in [-0.2, -0.15) is 0 Å². The molecule has 1 amide bonds. The number of rotatable bonds is 4. The van der Waals surface area contributed by atoms with Gasteiger partial charge in [0.25, 0.3) is 5.91 Å². The van der Waals surface area contributed by atoms with Crippen LogP contribution in [0.1, 0.15) is 34.8 Å². The Hall–Kier alpha value is -2.56. The van der Waals surface area contributed by atoms with Gasteiger partial charge >= 0.3 is 0 Å². The molecule has 0 saturated carbocycles. The fourth-order valence-electron chi connectivity index (χ4n) is 3.00. The molecule has 1 unspecified atom stereocenters. The molecule has 2 heterocycles. The van der Waals surface area contributed by atoms with E-state index < -0.39 is 0 Å². The van der Waals surface area contributed by atoms with E-state index in [0.717, 1.165) is 30.7 Å². The van der Waals surface area contributed by atoms with E-state index in [2.05, 4.69) is 4.98 Å². The zero-order valence-electron chi connectivity index (χ0n) is 13.4. The second kappa shape index (κ2) is 6.69. The highest BCUT2D eigenvalue weighted by molar-refractivity contribution is 5.94. The van der Waals surface area contributed by atoms with Gasteiger partial charge < -0.3 is 14.4 Å². The Kier molecular flexibility index (Phi) is 4.46. The number of likely N-dealkylation sites (tertiary alicyclic amines) is 1. The molecule has 0 radical (unpaired) electrons. The predicted molar refractivity (Wildman–Crippen MR) is 86.8 cm³/mol. The van der Waals surface area contributed by atoms with Crippen LogP contribution >= 0.6 is 0 Å². The average Bonchev–Trinajstić information content (AvgIpc) is 3.11. The third-order valence-corrected chi connectivity index (χ3v) is 4.18. The van der Waals surface area contributed by atoms with Gasteiger partial charge in [-0.3, -0.25) is 4.79 Å². The van der Waals surface area contributed by atoms with Crippen LogP contribution in [0.15, 0.2) is 42.6 Å². The average molecular weight is 312 g/mol. The van der Waals surface area contributed by atoms with Crippen LogP contribution in [0.25, 0.3) is 0 Å². The monoisotopic (exact) mass is 312 g/mol. The largest absolute Gasteiger partial charge is 0.497 e. The first-order valence-corrected chi connectivity index (χ1v) is 7.68. The topological polar surface area (TPSA) is 51.7 Å². The lowest BCUT2D eigenvalue weighted by molar-refractivity contribution is 0.0735. The third-order valence-electron chi connectivity index (χ3n) is 4.18. The summed E-state index contributed by atoms with van der Waals surface area (Å²) in [5.41, 5.74) is 1.69. The maximum absolute atomic E-state index is 12.8. The quantitative estimate of drug-likeness (QED) is 0.870. The van der Waals surface area contributed by atoms with Gasteiger partial charge in [-0.15, -0.1) is 0 Å². The number of benzene rings is 1. The van der Waals surface area contributed by atoms with Crippen molar-refractivity contribution in [2.75, 3.05) is 20.8 Å². The lowest BCUT2D eigenvalue weighted by Crippen LogP contribution is -2.30. The molecule has 23 heavy (non-hydrogen) atoms. The number of hydrogen-bond acceptors (Lipinski definition) is 4. The molecule has 1 aliphatic rings. The molecule has 1 atom stereocenters. The Morgan fingerprint density at radius 3 is 2.78 bits per heavy atom. The van der Waals surface area contributed by atoms with Gasteiger partial charge in [0.15, 0.2) is 0 Å². The molecule has 1 fully saturated rings. The summed E-state index contributed by atoms with van der Waals surface area (Å²) in [4.78, 5) is 18.8. The Balaban J connectivity index is 1.83. The number of pyridine rings is 1. The first-order valence-electron chi connectivity index (χ1n) is 7.68. The maximum Gasteiger partial charge on any atom is 0.255 e. The molecule has 5 heteroatoms. The van der Waals surface area contributed by atoms with E-state index in [4.69, 9.17) is 9.47 Å². The minimum Gasteiger partial charge on any atom is -0.497 e. The van der Waals surface area contributed by atoms with Crippen LogP contribution in [0.5, 0.6) is 11.6 Å². The third kappa shape index (κ3) is 3.13. The smallest absolute Gasteiger partial charge is 0.255 e. The van der Waals surface area contributed by atoms with E-state index >= 15 is 0 Å². The number of nitrogens with zero attached hydrogens (tertiary/aromatic N) is 2. The number of carbonyl (C=O) groups excluding carboxylic acids is 1. The molecule has 0 spiro atoms. The molecule has 0 N–H and O–H groups in total. The lowest BCUT2D eigenvalue weighted by Gasteiger charge is -2.25. The number of amides is 1. The van der Waals surface area contributed by atoms with Gasteiger partial charge in [-0.1, -0.05) is 12.1 Å². The summed E-state index contributed by atoms with van der Waals surface area (Å²) in [5.74, 6) is 1.32. The van der Waals surface area contributed by atoms with Crippen molar-refractivity contribution in [3.63, 3.8) is 0 Å². The minimum absolute atomic E-state index is 0.00507. The number of ether oxygens (including phenoxy) is 2. The van der Waals surface area contributed by atoms with Gasteiger partial charge in [-0.05, 0) is 36.6 Å². The molecule has 0 aliphatic carbocycles. The van der Waals surface area contributed by atoms with E-state index in [9.17, 15) is 4.79 Å². The molecule has 1 aromatic heterocycles. The van der Waals surface area contributed by atoms with Crippen molar-refractivity contribution in [1.29, 1.82) is 0 Å². The predicted octanol–water partition coefficient (Wildman–Crippen LogP) is 3.08. The van der Waals surface area contributed by atoms with Crippen molar-refractivity contribution in [2.45, 2.75) is 18.9 Å². The number of aromatic nitrogens is 1. The molecule has 2 aromatic rings. The minimum atomic E-state index is 0.00507. The van der Waals surface area contributed by atoms with Crippen LogP contribution in [0.4, 0.5) is 0 Å². The van der Waals surface area contributed by atoms with E-state index in [1.54, 1.807) is 32.5 Å². The van der Waals surface area contributed by atoms with Crippen LogP contribution in [-0.2, 0) is 0 Å². The molecular formula is C18H20N2O3. The van der Waals surface area contributed by atoms with Crippen molar-refractivity contribution >= 4 is 5.91 Å². The Morgan fingerprint density at radius 2 is 2.09 bits per heavy atom. The van der Waals surface area contributed by atoms with Crippen LogP contribution < -0.4 is 9.47 Å². The summed E-state index contributed by atoms with van der Waals surface area (Å²) >= 11 is 0. The Morgan fingerprint density at radius 1 is 1.22 bits per heavy atom. The van der Waals surface area contributed by atoms with Crippen LogP contribution in [0.2, 0.25) is 0 Å². The van der Waals surface area contributed by atoms with Crippen LogP contribution in [0.3, 0.4) is 0 Å². The highest BCUT2D eigenvalue weighted by atomic mass is 16.5. The molecule has 120 valence electrons. The second-order valence-electron chi connectivity index (χ2n) is 5.52. The highest BCUT2D eigenvalue weighted by Crippen LogP contribution is 2.34. The molecule has 0 bridgehead atoms. The summed E-state index contributed by atoms with van der Waals surface area (Å²) in [6.45, 7) is 0.757. The standard InChI is InChI=1S/C18H20N2O3/c1-22-15-6-3-5-13(11-15)16-7-4-10-20(16)18(21)14-8-9-17(23-2)19-12-14/h3,5-6,8-9,11-12,16H,4,7,10H2,1-2H3. The van der Waals surface area contributed by atoms with E-state index in [-0.39, 0.29) is 11.9 Å². The summed E-state index contributed by atoms with van der Waals surface area (Å²) in [6.07, 6.45) is 3.53. The summed E-state index contributed by atoms with van der Waals surface area (Å²) in [7, 11) is 3.21. The van der Waals surface area contributed by atoms with Gasteiger partial charge in [0.2, 0.25) is 5.88 Å². The van der Waals surface area contributed by atoms with Gasteiger partial charge in [0.1, 0.15) is 5.75 Å². The molecule has 5 nitrogen and oxygen atoms in total. The van der Waals surface area contributed by atoms with Crippen molar-refractivity contribution in [3.8, 4) is 11.6 Å². The zero-order chi connectivity index (χ0) is 16.2. The molecule has 1 aromatic carbocycles. The highest BCUT2D eigenvalue weighted by Gasteiger charge is 2.30. The van der Waals surface area contributed by atoms with Crippen molar-refractivity contribution in [3.05, 3.63) is 53.7 Å². The van der Waals surface area contributed by atoms with E-state index in [1.165, 1.54) is 0 Å². The lowest BCUT2D eigenvalue weighted by atomic mass is 10.0. The molecule has 1 aliphatic heterocycles. The van der Waals surface area contributed by atoms with Crippen LogP contribution in [-0.4, -0.2) is 36.6 Å². The van der Waals surface area contributed by atoms with Crippen molar-refractivity contribution in [1.82, 2.24) is 9.88 Å². The van der Waals surface area contributed by atoms with Gasteiger partial charge in [0.05, 0.1) is 25.8 Å². The Bertz CT molecular complexity index is 685. The number of hydrogen-bond donors (Lipinski definition) is 0. The van der Waals surface area contributed by atoms with Gasteiger partial charge in [0, 0.05) is 18.8 Å². The fraction of sp³-hybridized carbons (Fsp3) is 0.333. The van der Waals surface area contributed by atoms with Crippen LogP contribution in [0, 0.1) is 0 Å². The van der Waals surface area contributed by atoms with Crippen molar-refractivity contribution < 1.29 is 14.3 Å². The zero-order valence-corrected chi connectivity index (χ0v) is 13.4. The maximum atomic E-state index is 12.8. The molecule has 1 saturated heterocycles. The second-order valence-corrected chi connectivity index (χ2v) is 5.52. The van der Waals surface area contributed by atoms with Gasteiger partial charge in [-0.25, -0.2) is 4.98 Å². The summed E-state index contributed by atoms with van der Waals surface area (Å²) in [5, 5.41) is 0. The Labute approximate surface area is 135 Å². The number of carbonyl (C=O) groups is 1.